The Morgan fingerprint density at radius 2 is 2.19 bits per heavy atom. The van der Waals surface area contributed by atoms with Gasteiger partial charge in [-0.2, -0.15) is 0 Å². The summed E-state index contributed by atoms with van der Waals surface area (Å²) in [6.45, 7) is 0. The first-order chi connectivity index (χ1) is 7.66. The maximum Gasteiger partial charge on any atom is 0.170 e. The Morgan fingerprint density at radius 1 is 1.38 bits per heavy atom. The molecule has 82 valence electrons. The molecule has 0 aliphatic carbocycles. The quantitative estimate of drug-likeness (QED) is 0.798. The molecule has 0 saturated heterocycles. The van der Waals surface area contributed by atoms with Crippen LogP contribution in [0.3, 0.4) is 0 Å². The molecule has 0 radical (unpaired) electrons. The monoisotopic (exact) mass is 298 g/mol. The predicted molar refractivity (Wildman–Crippen MR) is 65.9 cm³/mol. The van der Waals surface area contributed by atoms with Gasteiger partial charge in [0.1, 0.15) is 5.76 Å². The number of furan rings is 1. The largest absolute Gasteiger partial charge is 0.469 e. The van der Waals surface area contributed by atoms with E-state index in [1.54, 1.807) is 36.6 Å². The topological polar surface area (TPSA) is 30.2 Å². The molecular weight excluding hydrogens is 291 g/mol. The maximum atomic E-state index is 11.9. The van der Waals surface area contributed by atoms with Crippen molar-refractivity contribution in [2.24, 2.45) is 0 Å². The minimum absolute atomic E-state index is 0.00677. The molecule has 1 aromatic heterocycles. The number of hydrogen-bond acceptors (Lipinski definition) is 2. The zero-order chi connectivity index (χ0) is 11.5. The summed E-state index contributed by atoms with van der Waals surface area (Å²) in [7, 11) is 0. The number of rotatable bonds is 3. The van der Waals surface area contributed by atoms with E-state index in [4.69, 9.17) is 16.0 Å². The van der Waals surface area contributed by atoms with Gasteiger partial charge in [0.25, 0.3) is 0 Å². The van der Waals surface area contributed by atoms with Crippen molar-refractivity contribution in [2.75, 3.05) is 0 Å². The first-order valence-electron chi connectivity index (χ1n) is 4.67. The first kappa shape index (κ1) is 11.4. The maximum absolute atomic E-state index is 11.9. The van der Waals surface area contributed by atoms with Crippen LogP contribution in [0.4, 0.5) is 0 Å². The normalized spacial score (nSPS) is 10.4. The van der Waals surface area contributed by atoms with Crippen LogP contribution in [-0.4, -0.2) is 5.78 Å². The molecule has 1 aromatic carbocycles. The molecule has 0 N–H and O–H groups in total. The van der Waals surface area contributed by atoms with Crippen molar-refractivity contribution in [1.29, 1.82) is 0 Å². The molecule has 2 rings (SSSR count). The lowest BCUT2D eigenvalue weighted by molar-refractivity contribution is 0.0987. The van der Waals surface area contributed by atoms with E-state index >= 15 is 0 Å². The molecule has 2 nitrogen and oxygen atoms in total. The van der Waals surface area contributed by atoms with Crippen LogP contribution in [0.25, 0.3) is 0 Å². The molecule has 0 spiro atoms. The van der Waals surface area contributed by atoms with Crippen LogP contribution >= 0.6 is 27.5 Å². The van der Waals surface area contributed by atoms with Crippen molar-refractivity contribution < 1.29 is 9.21 Å². The number of Topliss-reactive ketones (excluding diaryl/α,β-unsaturated/α-hetero) is 1. The minimum atomic E-state index is 0.00677. The SMILES string of the molecule is O=C(Cc1ccco1)c1ccc(Cl)c(Br)c1. The molecule has 0 aliphatic heterocycles. The summed E-state index contributed by atoms with van der Waals surface area (Å²) in [4.78, 5) is 11.9. The fourth-order valence-electron chi connectivity index (χ4n) is 1.34. The van der Waals surface area contributed by atoms with Gasteiger partial charge in [0, 0.05) is 10.0 Å². The lowest BCUT2D eigenvalue weighted by Gasteiger charge is -2.01. The standard InChI is InChI=1S/C12H8BrClO2/c13-10-6-8(3-4-11(10)14)12(15)7-9-2-1-5-16-9/h1-6H,7H2. The van der Waals surface area contributed by atoms with Crippen molar-refractivity contribution in [3.05, 3.63) is 57.4 Å². The second-order valence-electron chi connectivity index (χ2n) is 3.31. The van der Waals surface area contributed by atoms with Gasteiger partial charge in [-0.15, -0.1) is 0 Å². The number of carbonyl (C=O) groups excluding carboxylic acids is 1. The molecule has 0 atom stereocenters. The second kappa shape index (κ2) is 4.85. The molecule has 4 heteroatoms. The third-order valence-corrected chi connectivity index (χ3v) is 3.37. The van der Waals surface area contributed by atoms with Gasteiger partial charge in [0.2, 0.25) is 0 Å². The second-order valence-corrected chi connectivity index (χ2v) is 4.57. The summed E-state index contributed by atoms with van der Waals surface area (Å²) in [5.41, 5.74) is 0.618. The summed E-state index contributed by atoms with van der Waals surface area (Å²) in [6.07, 6.45) is 1.82. The van der Waals surface area contributed by atoms with Crippen LogP contribution in [0.1, 0.15) is 16.1 Å². The van der Waals surface area contributed by atoms with E-state index < -0.39 is 0 Å². The molecular formula is C12H8BrClO2. The van der Waals surface area contributed by atoms with Crippen LogP contribution < -0.4 is 0 Å². The Labute approximate surface area is 106 Å². The molecule has 0 fully saturated rings. The summed E-state index contributed by atoms with van der Waals surface area (Å²) in [5, 5.41) is 0.592. The Bertz CT molecular complexity index is 506. The van der Waals surface area contributed by atoms with Crippen LogP contribution in [0.5, 0.6) is 0 Å². The van der Waals surface area contributed by atoms with E-state index in [9.17, 15) is 4.79 Å². The average Bonchev–Trinajstić information content (AvgIpc) is 2.74. The van der Waals surface area contributed by atoms with Gasteiger partial charge >= 0.3 is 0 Å². The van der Waals surface area contributed by atoms with Crippen molar-refractivity contribution >= 4 is 33.3 Å². The average molecular weight is 300 g/mol. The van der Waals surface area contributed by atoms with Crippen LogP contribution in [-0.2, 0) is 6.42 Å². The van der Waals surface area contributed by atoms with Crippen LogP contribution in [0, 0.1) is 0 Å². The van der Waals surface area contributed by atoms with E-state index in [0.29, 0.717) is 16.3 Å². The molecule has 16 heavy (non-hydrogen) atoms. The number of ketones is 1. The van der Waals surface area contributed by atoms with E-state index in [2.05, 4.69) is 15.9 Å². The lowest BCUT2D eigenvalue weighted by atomic mass is 10.1. The van der Waals surface area contributed by atoms with E-state index in [0.717, 1.165) is 4.47 Å². The highest BCUT2D eigenvalue weighted by Gasteiger charge is 2.10. The van der Waals surface area contributed by atoms with Crippen molar-refractivity contribution in [1.82, 2.24) is 0 Å². The zero-order valence-corrected chi connectivity index (χ0v) is 10.6. The lowest BCUT2D eigenvalue weighted by Crippen LogP contribution is -2.02. The van der Waals surface area contributed by atoms with Crippen LogP contribution in [0.15, 0.2) is 45.5 Å². The van der Waals surface area contributed by atoms with Crippen molar-refractivity contribution in [3.63, 3.8) is 0 Å². The van der Waals surface area contributed by atoms with Crippen molar-refractivity contribution in [2.45, 2.75) is 6.42 Å². The van der Waals surface area contributed by atoms with E-state index in [1.807, 2.05) is 0 Å². The summed E-state index contributed by atoms with van der Waals surface area (Å²) >= 11 is 9.14. The van der Waals surface area contributed by atoms with Gasteiger partial charge in [0.05, 0.1) is 17.7 Å². The highest BCUT2D eigenvalue weighted by molar-refractivity contribution is 9.10. The zero-order valence-electron chi connectivity index (χ0n) is 8.24. The highest BCUT2D eigenvalue weighted by atomic mass is 79.9. The number of halogens is 2. The molecule has 0 amide bonds. The fourth-order valence-corrected chi connectivity index (χ4v) is 1.84. The van der Waals surface area contributed by atoms with E-state index in [-0.39, 0.29) is 12.2 Å². The number of benzene rings is 1. The third kappa shape index (κ3) is 2.54. The Morgan fingerprint density at radius 3 is 2.81 bits per heavy atom. The smallest absolute Gasteiger partial charge is 0.170 e. The predicted octanol–water partition coefficient (Wildman–Crippen LogP) is 4.12. The third-order valence-electron chi connectivity index (χ3n) is 2.16. The number of hydrogen-bond donors (Lipinski definition) is 0. The summed E-state index contributed by atoms with van der Waals surface area (Å²) < 4.78 is 5.84. The Balaban J connectivity index is 2.18. The Hall–Kier alpha value is -1.06. The fraction of sp³-hybridized carbons (Fsp3) is 0.0833. The molecule has 0 bridgehead atoms. The van der Waals surface area contributed by atoms with E-state index in [1.165, 1.54) is 0 Å². The molecule has 1 heterocycles. The molecule has 0 unspecified atom stereocenters. The van der Waals surface area contributed by atoms with Crippen LogP contribution in [0.2, 0.25) is 5.02 Å². The summed E-state index contributed by atoms with van der Waals surface area (Å²) in [6, 6.07) is 8.66. The van der Waals surface area contributed by atoms with Gasteiger partial charge in [-0.3, -0.25) is 4.79 Å². The molecule has 2 aromatic rings. The minimum Gasteiger partial charge on any atom is -0.469 e. The van der Waals surface area contributed by atoms with Gasteiger partial charge in [-0.25, -0.2) is 0 Å². The Kier molecular flexibility index (Phi) is 3.46. The summed E-state index contributed by atoms with van der Waals surface area (Å²) in [5.74, 6) is 0.670. The molecule has 0 saturated carbocycles. The van der Waals surface area contributed by atoms with Gasteiger partial charge in [0.15, 0.2) is 5.78 Å². The molecule has 0 aliphatic rings. The highest BCUT2D eigenvalue weighted by Crippen LogP contribution is 2.23. The first-order valence-corrected chi connectivity index (χ1v) is 5.84. The van der Waals surface area contributed by atoms with Gasteiger partial charge < -0.3 is 4.42 Å². The van der Waals surface area contributed by atoms with Gasteiger partial charge in [-0.05, 0) is 46.3 Å². The van der Waals surface area contributed by atoms with Crippen molar-refractivity contribution in [3.8, 4) is 0 Å². The van der Waals surface area contributed by atoms with Gasteiger partial charge in [-0.1, -0.05) is 11.6 Å². The number of carbonyl (C=O) groups is 1.